The van der Waals surface area contributed by atoms with E-state index in [4.69, 9.17) is 11.6 Å². The molecule has 1 saturated carbocycles. The van der Waals surface area contributed by atoms with Crippen LogP contribution in [0.1, 0.15) is 42.5 Å². The number of hydrogen-bond acceptors (Lipinski definition) is 3. The Morgan fingerprint density at radius 3 is 2.30 bits per heavy atom. The third-order valence-corrected chi connectivity index (χ3v) is 5.08. The number of rotatable bonds is 3. The molecule has 0 radical (unpaired) electrons. The van der Waals surface area contributed by atoms with Crippen LogP contribution in [0, 0.1) is 0 Å². The number of imide groups is 1. The van der Waals surface area contributed by atoms with Crippen LogP contribution < -0.4 is 10.6 Å². The quantitative estimate of drug-likeness (QED) is 0.761. The number of halogens is 4. The standard InChI is InChI=1S/C17H17ClF3N3O3/c18-11-8-6-10(7-9-11)13(25)22-16(17(19,20)21)14(26)24(15(27)23-16)12-4-2-1-3-5-12/h6-9,12H,1-5H2,(H,22,25)(H,23,27)/t16-/m0/s1. The van der Waals surface area contributed by atoms with Crippen molar-refractivity contribution in [1.82, 2.24) is 15.5 Å². The van der Waals surface area contributed by atoms with Gasteiger partial charge in [-0.25, -0.2) is 4.79 Å². The summed E-state index contributed by atoms with van der Waals surface area (Å²) in [6, 6.07) is 3.35. The van der Waals surface area contributed by atoms with Crippen molar-refractivity contribution in [3.63, 3.8) is 0 Å². The molecular weight excluding hydrogens is 387 g/mol. The molecule has 1 saturated heterocycles. The molecule has 0 bridgehead atoms. The van der Waals surface area contributed by atoms with Gasteiger partial charge >= 0.3 is 12.2 Å². The summed E-state index contributed by atoms with van der Waals surface area (Å²) in [5, 5.41) is 3.66. The van der Waals surface area contributed by atoms with Gasteiger partial charge in [-0.15, -0.1) is 0 Å². The molecule has 1 aromatic carbocycles. The lowest BCUT2D eigenvalue weighted by Gasteiger charge is -2.32. The van der Waals surface area contributed by atoms with Crippen LogP contribution in [-0.2, 0) is 4.79 Å². The second-order valence-corrected chi connectivity index (χ2v) is 7.04. The van der Waals surface area contributed by atoms with Gasteiger partial charge in [-0.05, 0) is 37.1 Å². The molecule has 0 unspecified atom stereocenters. The normalized spacial score (nSPS) is 24.1. The van der Waals surface area contributed by atoms with Gasteiger partial charge in [0.2, 0.25) is 0 Å². The van der Waals surface area contributed by atoms with Crippen LogP contribution in [0.5, 0.6) is 0 Å². The minimum atomic E-state index is -5.22. The maximum Gasteiger partial charge on any atom is 0.440 e. The summed E-state index contributed by atoms with van der Waals surface area (Å²) in [5.74, 6) is -2.66. The number of urea groups is 1. The first-order chi connectivity index (χ1) is 12.7. The second kappa shape index (κ2) is 7.03. The van der Waals surface area contributed by atoms with Gasteiger partial charge in [0.15, 0.2) is 0 Å². The van der Waals surface area contributed by atoms with E-state index in [0.717, 1.165) is 19.3 Å². The molecule has 3 rings (SSSR count). The molecular formula is C17H17ClF3N3O3. The first-order valence-electron chi connectivity index (χ1n) is 8.46. The summed E-state index contributed by atoms with van der Waals surface area (Å²) in [4.78, 5) is 37.9. The fraction of sp³-hybridized carbons (Fsp3) is 0.471. The number of carbonyl (C=O) groups excluding carboxylic acids is 3. The summed E-state index contributed by atoms with van der Waals surface area (Å²) in [6.45, 7) is 0. The van der Waals surface area contributed by atoms with E-state index in [1.807, 2.05) is 0 Å². The Bertz CT molecular complexity index is 763. The van der Waals surface area contributed by atoms with Gasteiger partial charge in [0, 0.05) is 16.6 Å². The van der Waals surface area contributed by atoms with Crippen LogP contribution in [0.2, 0.25) is 5.02 Å². The third-order valence-electron chi connectivity index (χ3n) is 4.83. The maximum atomic E-state index is 13.8. The zero-order valence-electron chi connectivity index (χ0n) is 14.1. The van der Waals surface area contributed by atoms with E-state index in [1.54, 1.807) is 10.6 Å². The molecule has 1 heterocycles. The Morgan fingerprint density at radius 2 is 1.74 bits per heavy atom. The maximum absolute atomic E-state index is 13.8. The second-order valence-electron chi connectivity index (χ2n) is 6.61. The van der Waals surface area contributed by atoms with Gasteiger partial charge in [-0.3, -0.25) is 19.8 Å². The monoisotopic (exact) mass is 403 g/mol. The number of alkyl halides is 3. The van der Waals surface area contributed by atoms with Crippen molar-refractivity contribution < 1.29 is 27.6 Å². The number of nitrogens with one attached hydrogen (secondary N) is 2. The molecule has 1 aliphatic carbocycles. The molecule has 146 valence electrons. The topological polar surface area (TPSA) is 78.5 Å². The molecule has 1 aromatic rings. The lowest BCUT2D eigenvalue weighted by molar-refractivity contribution is -0.200. The van der Waals surface area contributed by atoms with Crippen molar-refractivity contribution in [1.29, 1.82) is 0 Å². The molecule has 0 spiro atoms. The van der Waals surface area contributed by atoms with E-state index in [9.17, 15) is 27.6 Å². The molecule has 4 amide bonds. The van der Waals surface area contributed by atoms with Crippen LogP contribution >= 0.6 is 11.6 Å². The van der Waals surface area contributed by atoms with E-state index in [-0.39, 0.29) is 5.56 Å². The Morgan fingerprint density at radius 1 is 1.15 bits per heavy atom. The molecule has 2 N–H and O–H groups in total. The van der Waals surface area contributed by atoms with E-state index >= 15 is 0 Å². The summed E-state index contributed by atoms with van der Waals surface area (Å²) in [6.07, 6.45) is -1.99. The van der Waals surface area contributed by atoms with Gasteiger partial charge in [0.1, 0.15) is 0 Å². The lowest BCUT2D eigenvalue weighted by atomic mass is 9.94. The van der Waals surface area contributed by atoms with Gasteiger partial charge < -0.3 is 5.32 Å². The van der Waals surface area contributed by atoms with Crippen LogP contribution in [0.15, 0.2) is 24.3 Å². The Hall–Kier alpha value is -2.29. The average Bonchev–Trinajstić information content (AvgIpc) is 2.87. The predicted molar refractivity (Wildman–Crippen MR) is 90.0 cm³/mol. The lowest BCUT2D eigenvalue weighted by Crippen LogP contribution is -2.69. The zero-order valence-corrected chi connectivity index (χ0v) is 14.9. The van der Waals surface area contributed by atoms with Crippen LogP contribution in [0.25, 0.3) is 0 Å². The summed E-state index contributed by atoms with van der Waals surface area (Å²) < 4.78 is 41.5. The molecule has 10 heteroatoms. The van der Waals surface area contributed by atoms with E-state index in [2.05, 4.69) is 0 Å². The first-order valence-corrected chi connectivity index (χ1v) is 8.84. The molecule has 0 aromatic heterocycles. The minimum Gasteiger partial charge on any atom is -0.314 e. The first kappa shape index (κ1) is 19.5. The number of carbonyl (C=O) groups is 3. The third kappa shape index (κ3) is 3.47. The van der Waals surface area contributed by atoms with Crippen molar-refractivity contribution in [3.8, 4) is 0 Å². The van der Waals surface area contributed by atoms with Crippen molar-refractivity contribution in [2.24, 2.45) is 0 Å². The Balaban J connectivity index is 1.91. The molecule has 1 aliphatic heterocycles. The number of benzene rings is 1. The number of hydrogen-bond donors (Lipinski definition) is 2. The minimum absolute atomic E-state index is 0.124. The average molecular weight is 404 g/mol. The summed E-state index contributed by atoms with van der Waals surface area (Å²) >= 11 is 5.70. The van der Waals surface area contributed by atoms with Crippen LogP contribution in [0.3, 0.4) is 0 Å². The Kier molecular flexibility index (Phi) is 5.07. The highest BCUT2D eigenvalue weighted by Gasteiger charge is 2.69. The van der Waals surface area contributed by atoms with Crippen molar-refractivity contribution in [3.05, 3.63) is 34.9 Å². The largest absolute Gasteiger partial charge is 0.440 e. The highest BCUT2D eigenvalue weighted by atomic mass is 35.5. The van der Waals surface area contributed by atoms with E-state index in [0.29, 0.717) is 22.8 Å². The van der Waals surface area contributed by atoms with E-state index < -0.39 is 35.7 Å². The molecule has 1 atom stereocenters. The fourth-order valence-corrected chi connectivity index (χ4v) is 3.54. The van der Waals surface area contributed by atoms with Crippen molar-refractivity contribution in [2.45, 2.75) is 50.0 Å². The summed E-state index contributed by atoms with van der Waals surface area (Å²) in [7, 11) is 0. The van der Waals surface area contributed by atoms with Crippen LogP contribution in [0.4, 0.5) is 18.0 Å². The van der Waals surface area contributed by atoms with Crippen molar-refractivity contribution in [2.75, 3.05) is 0 Å². The zero-order chi connectivity index (χ0) is 19.8. The Labute approximate surface area is 158 Å². The predicted octanol–water partition coefficient (Wildman–Crippen LogP) is 3.21. The highest BCUT2D eigenvalue weighted by Crippen LogP contribution is 2.36. The van der Waals surface area contributed by atoms with Crippen LogP contribution in [-0.4, -0.2) is 40.6 Å². The van der Waals surface area contributed by atoms with Gasteiger partial charge in [0.05, 0.1) is 0 Å². The van der Waals surface area contributed by atoms with Gasteiger partial charge in [0.25, 0.3) is 17.5 Å². The number of amides is 4. The van der Waals surface area contributed by atoms with Gasteiger partial charge in [-0.2, -0.15) is 13.2 Å². The van der Waals surface area contributed by atoms with Crippen molar-refractivity contribution >= 4 is 29.4 Å². The molecule has 2 aliphatic rings. The summed E-state index contributed by atoms with van der Waals surface area (Å²) in [5.41, 5.74) is -3.61. The SMILES string of the molecule is O=C(N[C@]1(C(F)(F)F)NC(=O)N(C2CCCCC2)C1=O)c1ccc(Cl)cc1. The smallest absolute Gasteiger partial charge is 0.314 e. The van der Waals surface area contributed by atoms with E-state index in [1.165, 1.54) is 24.3 Å². The number of nitrogens with zero attached hydrogens (tertiary/aromatic N) is 1. The molecule has 2 fully saturated rings. The highest BCUT2D eigenvalue weighted by molar-refractivity contribution is 6.30. The molecule has 6 nitrogen and oxygen atoms in total. The molecule has 27 heavy (non-hydrogen) atoms. The van der Waals surface area contributed by atoms with Gasteiger partial charge in [-0.1, -0.05) is 30.9 Å². The fourth-order valence-electron chi connectivity index (χ4n) is 3.41.